The SMILES string of the molecule is COc1c(-c2ccc3ccccc3n2)ccc2c1C(O)c1ccccc1CO2. The van der Waals surface area contributed by atoms with Gasteiger partial charge < -0.3 is 14.6 Å². The summed E-state index contributed by atoms with van der Waals surface area (Å²) in [6.07, 6.45) is -0.830. The van der Waals surface area contributed by atoms with Crippen LogP contribution >= 0.6 is 0 Å². The monoisotopic (exact) mass is 369 g/mol. The third-order valence-corrected chi connectivity index (χ3v) is 5.24. The molecule has 1 aliphatic heterocycles. The van der Waals surface area contributed by atoms with Gasteiger partial charge in [-0.1, -0.05) is 48.5 Å². The molecule has 0 amide bonds. The van der Waals surface area contributed by atoms with Crippen LogP contribution in [0, 0.1) is 0 Å². The van der Waals surface area contributed by atoms with Crippen molar-refractivity contribution in [1.29, 1.82) is 0 Å². The van der Waals surface area contributed by atoms with Crippen molar-refractivity contribution in [2.45, 2.75) is 12.7 Å². The predicted molar refractivity (Wildman–Crippen MR) is 109 cm³/mol. The first-order valence-electron chi connectivity index (χ1n) is 9.22. The average molecular weight is 369 g/mol. The summed E-state index contributed by atoms with van der Waals surface area (Å²) >= 11 is 0. The van der Waals surface area contributed by atoms with E-state index >= 15 is 0 Å². The summed E-state index contributed by atoms with van der Waals surface area (Å²) in [4.78, 5) is 4.79. The summed E-state index contributed by atoms with van der Waals surface area (Å²) in [5, 5.41) is 12.2. The van der Waals surface area contributed by atoms with Crippen molar-refractivity contribution in [3.8, 4) is 22.8 Å². The zero-order valence-corrected chi connectivity index (χ0v) is 15.4. The van der Waals surface area contributed by atoms with Gasteiger partial charge in [0.05, 0.1) is 23.9 Å². The predicted octanol–water partition coefficient (Wildman–Crippen LogP) is 4.88. The van der Waals surface area contributed by atoms with Gasteiger partial charge in [-0.05, 0) is 35.4 Å². The molecular formula is C24H19NO3. The molecule has 4 heteroatoms. The third kappa shape index (κ3) is 2.62. The Hall–Kier alpha value is -3.37. The highest BCUT2D eigenvalue weighted by Crippen LogP contribution is 2.45. The maximum atomic E-state index is 11.2. The number of methoxy groups -OCH3 is 1. The second kappa shape index (κ2) is 6.66. The molecule has 0 spiro atoms. The highest BCUT2D eigenvalue weighted by molar-refractivity contribution is 5.83. The maximum absolute atomic E-state index is 11.2. The van der Waals surface area contributed by atoms with Crippen LogP contribution in [-0.2, 0) is 6.61 Å². The van der Waals surface area contributed by atoms with E-state index in [1.54, 1.807) is 7.11 Å². The molecule has 1 N–H and O–H groups in total. The molecule has 4 nitrogen and oxygen atoms in total. The Kier molecular flexibility index (Phi) is 3.99. The third-order valence-electron chi connectivity index (χ3n) is 5.24. The Balaban J connectivity index is 1.71. The van der Waals surface area contributed by atoms with E-state index in [1.807, 2.05) is 72.8 Å². The second-order valence-corrected chi connectivity index (χ2v) is 6.84. The van der Waals surface area contributed by atoms with Crippen molar-refractivity contribution < 1.29 is 14.6 Å². The van der Waals surface area contributed by atoms with Crippen LogP contribution in [-0.4, -0.2) is 17.2 Å². The highest BCUT2D eigenvalue weighted by Gasteiger charge is 2.28. The molecule has 1 aliphatic rings. The number of aliphatic hydroxyl groups is 1. The molecule has 138 valence electrons. The van der Waals surface area contributed by atoms with E-state index in [0.717, 1.165) is 33.3 Å². The number of hydrogen-bond donors (Lipinski definition) is 1. The van der Waals surface area contributed by atoms with Gasteiger partial charge >= 0.3 is 0 Å². The van der Waals surface area contributed by atoms with Crippen LogP contribution in [0.2, 0.25) is 0 Å². The quantitative estimate of drug-likeness (QED) is 0.547. The molecule has 0 bridgehead atoms. The van der Waals surface area contributed by atoms with Crippen LogP contribution in [0.25, 0.3) is 22.2 Å². The van der Waals surface area contributed by atoms with Crippen molar-refractivity contribution in [2.24, 2.45) is 0 Å². The number of ether oxygens (including phenoxy) is 2. The largest absolute Gasteiger partial charge is 0.495 e. The van der Waals surface area contributed by atoms with Gasteiger partial charge in [0.15, 0.2) is 0 Å². The Morgan fingerprint density at radius 2 is 1.79 bits per heavy atom. The maximum Gasteiger partial charge on any atom is 0.138 e. The minimum Gasteiger partial charge on any atom is -0.495 e. The lowest BCUT2D eigenvalue weighted by atomic mass is 9.94. The van der Waals surface area contributed by atoms with Crippen LogP contribution < -0.4 is 9.47 Å². The van der Waals surface area contributed by atoms with E-state index in [9.17, 15) is 5.11 Å². The van der Waals surface area contributed by atoms with Gasteiger partial charge in [0.25, 0.3) is 0 Å². The van der Waals surface area contributed by atoms with E-state index in [1.165, 1.54) is 0 Å². The van der Waals surface area contributed by atoms with Crippen molar-refractivity contribution >= 4 is 10.9 Å². The first-order valence-corrected chi connectivity index (χ1v) is 9.22. The van der Waals surface area contributed by atoms with Crippen LogP contribution in [0.1, 0.15) is 22.8 Å². The molecule has 3 aromatic carbocycles. The summed E-state index contributed by atoms with van der Waals surface area (Å²) in [5.74, 6) is 1.22. The lowest BCUT2D eigenvalue weighted by Gasteiger charge is -2.19. The zero-order valence-electron chi connectivity index (χ0n) is 15.4. The molecular weight excluding hydrogens is 350 g/mol. The number of aliphatic hydroxyl groups excluding tert-OH is 1. The molecule has 0 saturated heterocycles. The van der Waals surface area contributed by atoms with Crippen molar-refractivity contribution in [2.75, 3.05) is 7.11 Å². The molecule has 2 heterocycles. The summed E-state index contributed by atoms with van der Waals surface area (Å²) in [7, 11) is 1.61. The number of fused-ring (bicyclic) bond motifs is 3. The van der Waals surface area contributed by atoms with E-state index in [2.05, 4.69) is 0 Å². The number of benzene rings is 3. The summed E-state index contributed by atoms with van der Waals surface area (Å²) in [6, 6.07) is 23.6. The Labute approximate surface area is 163 Å². The van der Waals surface area contributed by atoms with E-state index in [0.29, 0.717) is 23.7 Å². The topological polar surface area (TPSA) is 51.6 Å². The minimum absolute atomic E-state index is 0.414. The van der Waals surface area contributed by atoms with Gasteiger partial charge in [0.2, 0.25) is 0 Å². The molecule has 1 unspecified atom stereocenters. The number of rotatable bonds is 2. The molecule has 0 fully saturated rings. The fourth-order valence-corrected chi connectivity index (χ4v) is 3.85. The fourth-order valence-electron chi connectivity index (χ4n) is 3.85. The van der Waals surface area contributed by atoms with Crippen molar-refractivity contribution in [3.05, 3.63) is 89.5 Å². The molecule has 4 aromatic rings. The molecule has 5 rings (SSSR count). The van der Waals surface area contributed by atoms with Crippen LogP contribution in [0.15, 0.2) is 72.8 Å². The lowest BCUT2D eigenvalue weighted by molar-refractivity contribution is 0.212. The number of pyridine rings is 1. The summed E-state index contributed by atoms with van der Waals surface area (Å²) < 4.78 is 11.8. The van der Waals surface area contributed by atoms with Crippen molar-refractivity contribution in [1.82, 2.24) is 4.98 Å². The Bertz CT molecular complexity index is 1190. The van der Waals surface area contributed by atoms with Crippen molar-refractivity contribution in [3.63, 3.8) is 0 Å². The number of hydrogen-bond acceptors (Lipinski definition) is 4. The van der Waals surface area contributed by atoms with Crippen LogP contribution in [0.4, 0.5) is 0 Å². The van der Waals surface area contributed by atoms with Crippen LogP contribution in [0.3, 0.4) is 0 Å². The molecule has 0 aliphatic carbocycles. The first kappa shape index (κ1) is 16.8. The summed E-state index contributed by atoms with van der Waals surface area (Å²) in [5.41, 5.74) is 4.98. The average Bonchev–Trinajstić information content (AvgIpc) is 2.90. The standard InChI is InChI=1S/C24H19NO3/c1-27-24-18(20-12-10-15-6-3-5-9-19(15)25-20)11-13-21-22(24)23(26)17-8-4-2-7-16(17)14-28-21/h2-13,23,26H,14H2,1H3. The molecule has 1 atom stereocenters. The molecule has 0 saturated carbocycles. The molecule has 0 radical (unpaired) electrons. The smallest absolute Gasteiger partial charge is 0.138 e. The Morgan fingerprint density at radius 3 is 2.68 bits per heavy atom. The lowest BCUT2D eigenvalue weighted by Crippen LogP contribution is -2.05. The van der Waals surface area contributed by atoms with Gasteiger partial charge in [-0.25, -0.2) is 4.98 Å². The number of aromatic nitrogens is 1. The van der Waals surface area contributed by atoms with Gasteiger partial charge in [-0.15, -0.1) is 0 Å². The highest BCUT2D eigenvalue weighted by atomic mass is 16.5. The van der Waals surface area contributed by atoms with E-state index in [4.69, 9.17) is 14.5 Å². The van der Waals surface area contributed by atoms with E-state index in [-0.39, 0.29) is 0 Å². The van der Waals surface area contributed by atoms with Gasteiger partial charge in [0.1, 0.15) is 24.2 Å². The number of nitrogens with zero attached hydrogens (tertiary/aromatic N) is 1. The normalized spacial score (nSPS) is 15.3. The second-order valence-electron chi connectivity index (χ2n) is 6.84. The Morgan fingerprint density at radius 1 is 0.964 bits per heavy atom. The molecule has 28 heavy (non-hydrogen) atoms. The fraction of sp³-hybridized carbons (Fsp3) is 0.125. The van der Waals surface area contributed by atoms with Gasteiger partial charge in [-0.3, -0.25) is 0 Å². The first-order chi connectivity index (χ1) is 13.8. The van der Waals surface area contributed by atoms with Gasteiger partial charge in [-0.2, -0.15) is 0 Å². The molecule has 1 aromatic heterocycles. The zero-order chi connectivity index (χ0) is 19.1. The minimum atomic E-state index is -0.830. The summed E-state index contributed by atoms with van der Waals surface area (Å²) in [6.45, 7) is 0.414. The van der Waals surface area contributed by atoms with Gasteiger partial charge in [0, 0.05) is 10.9 Å². The van der Waals surface area contributed by atoms with E-state index < -0.39 is 6.10 Å². The number of para-hydroxylation sites is 1. The van der Waals surface area contributed by atoms with Crippen LogP contribution in [0.5, 0.6) is 11.5 Å².